The minimum atomic E-state index is -1.05. The van der Waals surface area contributed by atoms with Gasteiger partial charge in [-0.05, 0) is 73.4 Å². The van der Waals surface area contributed by atoms with Gasteiger partial charge in [-0.25, -0.2) is 0 Å². The summed E-state index contributed by atoms with van der Waals surface area (Å²) in [6.45, 7) is 7.55. The van der Waals surface area contributed by atoms with Crippen molar-refractivity contribution in [2.45, 2.75) is 39.7 Å². The maximum absolute atomic E-state index is 13.3. The molecule has 1 saturated heterocycles. The van der Waals surface area contributed by atoms with Gasteiger partial charge in [-0.3, -0.25) is 14.5 Å². The summed E-state index contributed by atoms with van der Waals surface area (Å²) in [5.74, 6) is -0.563. The van der Waals surface area contributed by atoms with E-state index in [1.165, 1.54) is 11.0 Å². The van der Waals surface area contributed by atoms with E-state index in [-0.39, 0.29) is 28.7 Å². The van der Waals surface area contributed by atoms with Crippen molar-refractivity contribution in [2.24, 2.45) is 0 Å². The molecule has 2 heterocycles. The Labute approximate surface area is 197 Å². The number of Topliss-reactive ketones (excluding diaryl/α,β-unsaturated/α-hetero) is 1. The number of phenols is 1. The van der Waals surface area contributed by atoms with Crippen LogP contribution in [-0.4, -0.2) is 29.0 Å². The van der Waals surface area contributed by atoms with E-state index in [1.807, 2.05) is 20.8 Å². The molecule has 2 N–H and O–H groups in total. The van der Waals surface area contributed by atoms with E-state index in [2.05, 4.69) is 0 Å². The molecule has 176 valence electrons. The zero-order chi connectivity index (χ0) is 24.7. The van der Waals surface area contributed by atoms with E-state index < -0.39 is 17.7 Å². The topological polar surface area (TPSA) is 100 Å². The number of ether oxygens (including phenoxy) is 1. The lowest BCUT2D eigenvalue weighted by Gasteiger charge is -2.24. The lowest BCUT2D eigenvalue weighted by molar-refractivity contribution is -0.132. The molecule has 4 rings (SSSR count). The number of methoxy groups -OCH3 is 1. The number of rotatable bonds is 5. The Morgan fingerprint density at radius 3 is 2.41 bits per heavy atom. The van der Waals surface area contributed by atoms with Gasteiger partial charge in [0.05, 0.1) is 18.4 Å². The standard InChI is InChI=1S/C27H27NO6/c1-14(2)18-13-17(8-11-21(18)33-5)25(30)23-24(22-10-7-16(4)34-22)28(27(32)26(23)31)19-12-15(3)6-9-20(19)29/h6-14,24,29-30H,1-5H3/b25-23-. The molecular weight excluding hydrogens is 434 g/mol. The highest BCUT2D eigenvalue weighted by Gasteiger charge is 2.49. The number of hydrogen-bond donors (Lipinski definition) is 2. The highest BCUT2D eigenvalue weighted by molar-refractivity contribution is 6.51. The van der Waals surface area contributed by atoms with E-state index in [4.69, 9.17) is 9.15 Å². The summed E-state index contributed by atoms with van der Waals surface area (Å²) >= 11 is 0. The maximum Gasteiger partial charge on any atom is 0.300 e. The Hall–Kier alpha value is -4.00. The fourth-order valence-corrected chi connectivity index (χ4v) is 4.27. The van der Waals surface area contributed by atoms with Crippen molar-refractivity contribution in [1.29, 1.82) is 0 Å². The van der Waals surface area contributed by atoms with Crippen molar-refractivity contribution < 1.29 is 29.0 Å². The number of phenolic OH excluding ortho intramolecular Hbond substituents is 1. The number of ketones is 1. The summed E-state index contributed by atoms with van der Waals surface area (Å²) < 4.78 is 11.2. The quantitative estimate of drug-likeness (QED) is 0.301. The van der Waals surface area contributed by atoms with Crippen LogP contribution in [0.25, 0.3) is 5.76 Å². The van der Waals surface area contributed by atoms with Gasteiger partial charge in [0, 0.05) is 5.56 Å². The Bertz CT molecular complexity index is 1320. The number of aliphatic hydroxyl groups excluding tert-OH is 1. The molecule has 7 heteroatoms. The molecule has 34 heavy (non-hydrogen) atoms. The molecule has 0 radical (unpaired) electrons. The molecule has 1 amide bonds. The molecule has 0 bridgehead atoms. The molecular formula is C27H27NO6. The summed E-state index contributed by atoms with van der Waals surface area (Å²) in [5.41, 5.74) is 2.07. The van der Waals surface area contributed by atoms with Crippen LogP contribution in [0.15, 0.2) is 58.5 Å². The summed E-state index contributed by atoms with van der Waals surface area (Å²) in [7, 11) is 1.57. The number of benzene rings is 2. The number of carbonyl (C=O) groups excluding carboxylic acids is 2. The lowest BCUT2D eigenvalue weighted by Crippen LogP contribution is -2.29. The van der Waals surface area contributed by atoms with E-state index >= 15 is 0 Å². The molecule has 3 aromatic rings. The molecule has 1 unspecified atom stereocenters. The van der Waals surface area contributed by atoms with Crippen molar-refractivity contribution in [1.82, 2.24) is 0 Å². The fourth-order valence-electron chi connectivity index (χ4n) is 4.27. The van der Waals surface area contributed by atoms with Crippen LogP contribution in [0, 0.1) is 13.8 Å². The van der Waals surface area contributed by atoms with Crippen LogP contribution in [0.2, 0.25) is 0 Å². The average molecular weight is 462 g/mol. The molecule has 7 nitrogen and oxygen atoms in total. The van der Waals surface area contributed by atoms with Gasteiger partial charge < -0.3 is 19.4 Å². The van der Waals surface area contributed by atoms with Crippen molar-refractivity contribution in [3.05, 3.63) is 82.3 Å². The first kappa shape index (κ1) is 23.2. The van der Waals surface area contributed by atoms with Gasteiger partial charge in [0.2, 0.25) is 0 Å². The first-order chi connectivity index (χ1) is 16.1. The van der Waals surface area contributed by atoms with Gasteiger partial charge in [-0.15, -0.1) is 0 Å². The van der Waals surface area contributed by atoms with Crippen LogP contribution >= 0.6 is 0 Å². The number of carbonyl (C=O) groups is 2. The van der Waals surface area contributed by atoms with Gasteiger partial charge in [-0.1, -0.05) is 19.9 Å². The van der Waals surface area contributed by atoms with Crippen molar-refractivity contribution >= 4 is 23.1 Å². The Kier molecular flexibility index (Phi) is 5.96. The molecule has 0 spiro atoms. The summed E-state index contributed by atoms with van der Waals surface area (Å²) in [6, 6.07) is 12.2. The number of nitrogens with zero attached hydrogens (tertiary/aromatic N) is 1. The first-order valence-corrected chi connectivity index (χ1v) is 11.0. The SMILES string of the molecule is COc1ccc(/C(O)=C2/C(=O)C(=O)N(c3cc(C)ccc3O)C2c2ccc(C)o2)cc1C(C)C. The third kappa shape index (κ3) is 3.83. The van der Waals surface area contributed by atoms with Crippen molar-refractivity contribution in [3.63, 3.8) is 0 Å². The second-order valence-corrected chi connectivity index (χ2v) is 8.72. The Morgan fingerprint density at radius 2 is 1.79 bits per heavy atom. The number of hydrogen-bond acceptors (Lipinski definition) is 6. The summed E-state index contributed by atoms with van der Waals surface area (Å²) in [6.07, 6.45) is 0. The maximum atomic E-state index is 13.3. The third-order valence-corrected chi connectivity index (χ3v) is 5.99. The molecule has 1 aliphatic heterocycles. The monoisotopic (exact) mass is 461 g/mol. The second-order valence-electron chi connectivity index (χ2n) is 8.72. The highest BCUT2D eigenvalue weighted by atomic mass is 16.5. The first-order valence-electron chi connectivity index (χ1n) is 11.0. The van der Waals surface area contributed by atoms with Crippen molar-refractivity contribution in [2.75, 3.05) is 12.0 Å². The summed E-state index contributed by atoms with van der Waals surface area (Å²) in [5, 5.41) is 21.9. The molecule has 1 aromatic heterocycles. The summed E-state index contributed by atoms with van der Waals surface area (Å²) in [4.78, 5) is 27.7. The van der Waals surface area contributed by atoms with Crippen LogP contribution in [0.3, 0.4) is 0 Å². The zero-order valence-electron chi connectivity index (χ0n) is 19.7. The van der Waals surface area contributed by atoms with Crippen LogP contribution < -0.4 is 9.64 Å². The van der Waals surface area contributed by atoms with Gasteiger partial charge in [0.25, 0.3) is 11.7 Å². The van der Waals surface area contributed by atoms with Crippen LogP contribution in [0.5, 0.6) is 11.5 Å². The van der Waals surface area contributed by atoms with Crippen LogP contribution in [-0.2, 0) is 9.59 Å². The van der Waals surface area contributed by atoms with E-state index in [9.17, 15) is 19.8 Å². The fraction of sp³-hybridized carbons (Fsp3) is 0.259. The van der Waals surface area contributed by atoms with Gasteiger partial charge >= 0.3 is 0 Å². The smallest absolute Gasteiger partial charge is 0.300 e. The predicted molar refractivity (Wildman–Crippen MR) is 128 cm³/mol. The number of aliphatic hydroxyl groups is 1. The third-order valence-electron chi connectivity index (χ3n) is 5.99. The van der Waals surface area contributed by atoms with E-state index in [1.54, 1.807) is 56.5 Å². The molecule has 0 saturated carbocycles. The minimum absolute atomic E-state index is 0.0953. The van der Waals surface area contributed by atoms with Crippen LogP contribution in [0.1, 0.15) is 54.0 Å². The normalized spacial score (nSPS) is 17.6. The number of aromatic hydroxyl groups is 1. The number of furan rings is 1. The molecule has 0 aliphatic carbocycles. The number of anilines is 1. The molecule has 2 aromatic carbocycles. The number of aryl methyl sites for hydroxylation is 2. The van der Waals surface area contributed by atoms with Crippen LogP contribution in [0.4, 0.5) is 5.69 Å². The van der Waals surface area contributed by atoms with Gasteiger partial charge in [0.15, 0.2) is 0 Å². The largest absolute Gasteiger partial charge is 0.507 e. The zero-order valence-corrected chi connectivity index (χ0v) is 19.7. The average Bonchev–Trinajstić information content (AvgIpc) is 3.35. The van der Waals surface area contributed by atoms with E-state index in [0.717, 1.165) is 11.1 Å². The highest BCUT2D eigenvalue weighted by Crippen LogP contribution is 2.45. The molecule has 1 fully saturated rings. The second kappa shape index (κ2) is 8.74. The van der Waals surface area contributed by atoms with Gasteiger partial charge in [-0.2, -0.15) is 0 Å². The van der Waals surface area contributed by atoms with E-state index in [0.29, 0.717) is 22.8 Å². The lowest BCUT2D eigenvalue weighted by atomic mass is 9.95. The Balaban J connectivity index is 1.96. The minimum Gasteiger partial charge on any atom is -0.507 e. The Morgan fingerprint density at radius 1 is 1.06 bits per heavy atom. The molecule has 1 atom stereocenters. The molecule has 1 aliphatic rings. The predicted octanol–water partition coefficient (Wildman–Crippen LogP) is 5.36. The van der Waals surface area contributed by atoms with Gasteiger partial charge in [0.1, 0.15) is 34.8 Å². The van der Waals surface area contributed by atoms with Crippen molar-refractivity contribution in [3.8, 4) is 11.5 Å². The number of amides is 1.